The Balaban J connectivity index is 2.66. The third-order valence-corrected chi connectivity index (χ3v) is 6.11. The number of phenols is 2. The molecule has 2 aromatic carbocycles. The summed E-state index contributed by atoms with van der Waals surface area (Å²) < 4.78 is 2.26. The van der Waals surface area contributed by atoms with Gasteiger partial charge in [0.25, 0.3) is 0 Å². The number of halogens is 3. The zero-order chi connectivity index (χ0) is 15.1. The molecular formula is C15H13Br3O2. The van der Waals surface area contributed by atoms with Gasteiger partial charge in [-0.25, -0.2) is 0 Å². The zero-order valence-corrected chi connectivity index (χ0v) is 15.7. The van der Waals surface area contributed by atoms with Crippen molar-refractivity contribution in [1.29, 1.82) is 0 Å². The maximum Gasteiger partial charge on any atom is 0.132 e. The molecule has 0 unspecified atom stereocenters. The topological polar surface area (TPSA) is 40.5 Å². The molecule has 2 N–H and O–H groups in total. The molecule has 2 nitrogen and oxygen atoms in total. The van der Waals surface area contributed by atoms with Crippen LogP contribution >= 0.6 is 47.8 Å². The van der Waals surface area contributed by atoms with E-state index in [-0.39, 0.29) is 16.9 Å². The first kappa shape index (κ1) is 15.9. The summed E-state index contributed by atoms with van der Waals surface area (Å²) >= 11 is 10.4. The third-order valence-electron chi connectivity index (χ3n) is 3.35. The van der Waals surface area contributed by atoms with Gasteiger partial charge in [0, 0.05) is 14.4 Å². The summed E-state index contributed by atoms with van der Waals surface area (Å²) in [4.78, 5) is 0. The molecule has 0 radical (unpaired) electrons. The maximum atomic E-state index is 9.84. The minimum Gasteiger partial charge on any atom is -0.508 e. The Morgan fingerprint density at radius 2 is 1.45 bits per heavy atom. The van der Waals surface area contributed by atoms with Gasteiger partial charge in [-0.3, -0.25) is 0 Å². The molecule has 0 saturated carbocycles. The molecule has 0 atom stereocenters. The van der Waals surface area contributed by atoms with E-state index in [1.807, 2.05) is 12.1 Å². The Labute approximate surface area is 143 Å². The number of benzene rings is 2. The number of hydrogen-bond acceptors (Lipinski definition) is 2. The Hall–Kier alpha value is -0.520. The fourth-order valence-corrected chi connectivity index (χ4v) is 4.58. The molecule has 0 aliphatic carbocycles. The second kappa shape index (κ2) is 5.70. The molecule has 0 spiro atoms. The summed E-state index contributed by atoms with van der Waals surface area (Å²) in [7, 11) is 0. The molecule has 0 saturated heterocycles. The molecule has 0 aliphatic heterocycles. The highest BCUT2D eigenvalue weighted by Crippen LogP contribution is 2.46. The van der Waals surface area contributed by atoms with Gasteiger partial charge in [0.2, 0.25) is 0 Å². The normalized spacial score (nSPS) is 11.7. The molecule has 106 valence electrons. The molecule has 2 aromatic rings. The first-order chi connectivity index (χ1) is 9.25. The van der Waals surface area contributed by atoms with Gasteiger partial charge in [-0.15, -0.1) is 0 Å². The van der Waals surface area contributed by atoms with Crippen LogP contribution in [0.15, 0.2) is 43.7 Å². The average Bonchev–Trinajstić information content (AvgIpc) is 2.36. The molecule has 0 amide bonds. The predicted molar refractivity (Wildman–Crippen MR) is 91.4 cm³/mol. The lowest BCUT2D eigenvalue weighted by Gasteiger charge is -2.29. The van der Waals surface area contributed by atoms with Crippen molar-refractivity contribution in [3.8, 4) is 11.5 Å². The summed E-state index contributed by atoms with van der Waals surface area (Å²) in [5, 5.41) is 19.3. The smallest absolute Gasteiger partial charge is 0.132 e. The Kier molecular flexibility index (Phi) is 4.52. The molecule has 0 aromatic heterocycles. The van der Waals surface area contributed by atoms with E-state index in [2.05, 4.69) is 61.6 Å². The van der Waals surface area contributed by atoms with Crippen LogP contribution in [0.1, 0.15) is 25.0 Å². The molecule has 2 rings (SSSR count). The van der Waals surface area contributed by atoms with Gasteiger partial charge in [-0.1, -0.05) is 41.9 Å². The lowest BCUT2D eigenvalue weighted by Crippen LogP contribution is -2.20. The van der Waals surface area contributed by atoms with Crippen LogP contribution in [0.25, 0.3) is 0 Å². The number of hydrogen-bond donors (Lipinski definition) is 2. The van der Waals surface area contributed by atoms with Crippen molar-refractivity contribution in [3.63, 3.8) is 0 Å². The van der Waals surface area contributed by atoms with E-state index in [0.717, 1.165) is 20.1 Å². The Morgan fingerprint density at radius 3 is 2.00 bits per heavy atom. The highest BCUT2D eigenvalue weighted by atomic mass is 79.9. The van der Waals surface area contributed by atoms with Crippen molar-refractivity contribution >= 4 is 47.8 Å². The maximum absolute atomic E-state index is 9.84. The summed E-state index contributed by atoms with van der Waals surface area (Å²) in [6.07, 6.45) is 0. The summed E-state index contributed by atoms with van der Waals surface area (Å²) in [5.41, 5.74) is 1.78. The minimum atomic E-state index is -0.304. The quantitative estimate of drug-likeness (QED) is 0.559. The van der Waals surface area contributed by atoms with E-state index in [4.69, 9.17) is 0 Å². The van der Waals surface area contributed by atoms with Crippen molar-refractivity contribution in [2.24, 2.45) is 0 Å². The monoisotopic (exact) mass is 462 g/mol. The fraction of sp³-hybridized carbons (Fsp3) is 0.200. The van der Waals surface area contributed by atoms with E-state index in [1.54, 1.807) is 18.2 Å². The summed E-state index contributed by atoms with van der Waals surface area (Å²) in [6.45, 7) is 4.18. The van der Waals surface area contributed by atoms with Crippen molar-refractivity contribution in [1.82, 2.24) is 0 Å². The molecule has 0 fully saturated rings. The predicted octanol–water partition coefficient (Wildman–Crippen LogP) is 5.71. The van der Waals surface area contributed by atoms with E-state index in [9.17, 15) is 10.2 Å². The van der Waals surface area contributed by atoms with Crippen LogP contribution in [0.3, 0.4) is 0 Å². The molecule has 0 aliphatic rings. The second-order valence-electron chi connectivity index (χ2n) is 5.05. The Morgan fingerprint density at radius 1 is 0.900 bits per heavy atom. The molecule has 0 heterocycles. The van der Waals surface area contributed by atoms with Gasteiger partial charge < -0.3 is 10.2 Å². The fourth-order valence-electron chi connectivity index (χ4n) is 2.18. The van der Waals surface area contributed by atoms with Crippen LogP contribution in [-0.4, -0.2) is 10.2 Å². The van der Waals surface area contributed by atoms with Crippen LogP contribution in [0.5, 0.6) is 11.5 Å². The van der Waals surface area contributed by atoms with Gasteiger partial charge in [-0.05, 0) is 61.2 Å². The summed E-state index contributed by atoms with van der Waals surface area (Å²) in [6, 6.07) is 8.82. The Bertz CT molecular complexity index is 649. The van der Waals surface area contributed by atoms with Crippen molar-refractivity contribution in [2.75, 3.05) is 0 Å². The van der Waals surface area contributed by atoms with E-state index in [0.29, 0.717) is 4.47 Å². The first-order valence-electron chi connectivity index (χ1n) is 5.91. The van der Waals surface area contributed by atoms with Crippen LogP contribution < -0.4 is 0 Å². The number of phenolic OH excluding ortho intramolecular Hbond substituents is 2. The minimum absolute atomic E-state index is 0.175. The molecule has 20 heavy (non-hydrogen) atoms. The standard InChI is InChI=1S/C15H13Br3O2/c1-15(2,8-3-5-9(19)6-4-8)12-10(16)7-11(20)13(17)14(12)18/h3-7,19-20H,1-2H3. The number of rotatable bonds is 2. The van der Waals surface area contributed by atoms with Gasteiger partial charge in [-0.2, -0.15) is 0 Å². The highest BCUT2D eigenvalue weighted by molar-refractivity contribution is 9.13. The van der Waals surface area contributed by atoms with Crippen LogP contribution in [0.2, 0.25) is 0 Å². The lowest BCUT2D eigenvalue weighted by atomic mass is 9.78. The average molecular weight is 465 g/mol. The van der Waals surface area contributed by atoms with Gasteiger partial charge in [0.1, 0.15) is 11.5 Å². The van der Waals surface area contributed by atoms with Crippen LogP contribution in [0, 0.1) is 0 Å². The van der Waals surface area contributed by atoms with Crippen LogP contribution in [-0.2, 0) is 5.41 Å². The summed E-state index contributed by atoms with van der Waals surface area (Å²) in [5.74, 6) is 0.420. The van der Waals surface area contributed by atoms with Crippen molar-refractivity contribution < 1.29 is 10.2 Å². The van der Waals surface area contributed by atoms with Crippen LogP contribution in [0.4, 0.5) is 0 Å². The number of aromatic hydroxyl groups is 2. The van der Waals surface area contributed by atoms with Crippen molar-refractivity contribution in [2.45, 2.75) is 19.3 Å². The lowest BCUT2D eigenvalue weighted by molar-refractivity contribution is 0.469. The molecule has 0 bridgehead atoms. The third kappa shape index (κ3) is 2.76. The zero-order valence-electron chi connectivity index (χ0n) is 10.9. The second-order valence-corrected chi connectivity index (χ2v) is 7.49. The van der Waals surface area contributed by atoms with E-state index in [1.165, 1.54) is 0 Å². The van der Waals surface area contributed by atoms with Gasteiger partial charge in [0.05, 0.1) is 4.47 Å². The first-order valence-corrected chi connectivity index (χ1v) is 8.29. The largest absolute Gasteiger partial charge is 0.508 e. The van der Waals surface area contributed by atoms with Crippen molar-refractivity contribution in [3.05, 3.63) is 54.9 Å². The molecular weight excluding hydrogens is 452 g/mol. The molecule has 5 heteroatoms. The van der Waals surface area contributed by atoms with E-state index >= 15 is 0 Å². The van der Waals surface area contributed by atoms with E-state index < -0.39 is 0 Å². The van der Waals surface area contributed by atoms with Gasteiger partial charge in [0.15, 0.2) is 0 Å². The highest BCUT2D eigenvalue weighted by Gasteiger charge is 2.29. The van der Waals surface area contributed by atoms with Gasteiger partial charge >= 0.3 is 0 Å². The SMILES string of the molecule is CC(C)(c1ccc(O)cc1)c1c(Br)cc(O)c(Br)c1Br.